The van der Waals surface area contributed by atoms with Crippen molar-refractivity contribution in [1.82, 2.24) is 9.88 Å². The van der Waals surface area contributed by atoms with E-state index < -0.39 is 0 Å². The summed E-state index contributed by atoms with van der Waals surface area (Å²) in [4.78, 5) is 21.3. The van der Waals surface area contributed by atoms with E-state index in [0.717, 1.165) is 32.0 Å². The lowest BCUT2D eigenvalue weighted by Crippen LogP contribution is -2.45. The molecule has 1 aliphatic heterocycles. The van der Waals surface area contributed by atoms with Gasteiger partial charge in [-0.1, -0.05) is 30.3 Å². The summed E-state index contributed by atoms with van der Waals surface area (Å²) >= 11 is 1.49. The topological polar surface area (TPSA) is 45.2 Å². The van der Waals surface area contributed by atoms with Crippen molar-refractivity contribution in [2.75, 3.05) is 5.32 Å². The third-order valence-corrected chi connectivity index (χ3v) is 5.53. The fraction of sp³-hybridized carbons (Fsp3) is 0.263. The number of amides is 1. The number of hydrogen-bond acceptors (Lipinski definition) is 4. The molecular weight excluding hydrogens is 318 g/mol. The number of carbonyl (C=O) groups is 1. The Kier molecular flexibility index (Phi) is 3.53. The van der Waals surface area contributed by atoms with Crippen LogP contribution in [0.25, 0.3) is 10.2 Å². The number of fused-ring (bicyclic) bond motifs is 3. The van der Waals surface area contributed by atoms with E-state index in [-0.39, 0.29) is 12.1 Å². The first-order valence-corrected chi connectivity index (χ1v) is 8.88. The van der Waals surface area contributed by atoms with Gasteiger partial charge < -0.3 is 10.2 Å². The zero-order chi connectivity index (χ0) is 16.8. The van der Waals surface area contributed by atoms with Crippen molar-refractivity contribution in [3.8, 4) is 0 Å². The molecule has 0 unspecified atom stereocenters. The molecule has 3 heterocycles. The molecule has 0 fully saturated rings. The molecule has 0 bridgehead atoms. The minimum absolute atomic E-state index is 0.0521. The van der Waals surface area contributed by atoms with Crippen LogP contribution >= 0.6 is 11.3 Å². The van der Waals surface area contributed by atoms with E-state index in [1.54, 1.807) is 0 Å². The average molecular weight is 337 g/mol. The molecule has 1 aromatic carbocycles. The molecule has 3 aromatic rings. The fourth-order valence-electron chi connectivity index (χ4n) is 3.31. The fourth-order valence-corrected chi connectivity index (χ4v) is 4.53. The summed E-state index contributed by atoms with van der Waals surface area (Å²) in [5, 5.41) is 4.60. The third kappa shape index (κ3) is 2.36. The smallest absolute Gasteiger partial charge is 0.268 e. The highest BCUT2D eigenvalue weighted by molar-refractivity contribution is 7.21. The number of anilines is 1. The number of hydrogen-bond donors (Lipinski definition) is 1. The Labute approximate surface area is 145 Å². The number of pyridine rings is 1. The maximum atomic E-state index is 13.1. The summed E-state index contributed by atoms with van der Waals surface area (Å²) in [5.74, 6) is 0.0835. The minimum atomic E-state index is -0.0521. The van der Waals surface area contributed by atoms with E-state index in [1.165, 1.54) is 16.9 Å². The van der Waals surface area contributed by atoms with Crippen LogP contribution in [-0.2, 0) is 6.54 Å². The lowest BCUT2D eigenvalue weighted by molar-refractivity contribution is 0.0689. The Morgan fingerprint density at radius 1 is 1.25 bits per heavy atom. The van der Waals surface area contributed by atoms with Crippen molar-refractivity contribution >= 4 is 33.1 Å². The van der Waals surface area contributed by atoms with Gasteiger partial charge in [0.2, 0.25) is 0 Å². The van der Waals surface area contributed by atoms with Gasteiger partial charge in [0.25, 0.3) is 5.91 Å². The van der Waals surface area contributed by atoms with Crippen LogP contribution in [0.5, 0.6) is 0 Å². The summed E-state index contributed by atoms with van der Waals surface area (Å²) in [7, 11) is 0. The standard InChI is InChI=1S/C19H19N3OS/c1-11-9-12(2)20-18-15(11)16-17(24-18)19(23)22(13(3)21-16)10-14-7-5-4-6-8-14/h4-9,13,21H,10H2,1-3H3/t13-/m0/s1. The molecule has 1 N–H and O–H groups in total. The van der Waals surface area contributed by atoms with E-state index in [4.69, 9.17) is 0 Å². The van der Waals surface area contributed by atoms with Crippen LogP contribution in [0.3, 0.4) is 0 Å². The molecule has 1 aliphatic rings. The van der Waals surface area contributed by atoms with Crippen LogP contribution in [0.2, 0.25) is 0 Å². The quantitative estimate of drug-likeness (QED) is 0.757. The summed E-state index contributed by atoms with van der Waals surface area (Å²) in [5.41, 5.74) is 4.23. The van der Waals surface area contributed by atoms with E-state index in [0.29, 0.717) is 6.54 Å². The number of benzene rings is 1. The van der Waals surface area contributed by atoms with Crippen molar-refractivity contribution in [3.05, 3.63) is 58.1 Å². The van der Waals surface area contributed by atoms with E-state index in [1.807, 2.05) is 36.9 Å². The van der Waals surface area contributed by atoms with E-state index >= 15 is 0 Å². The summed E-state index contributed by atoms with van der Waals surface area (Å²) in [6.07, 6.45) is -0.0521. The zero-order valence-corrected chi connectivity index (χ0v) is 14.8. The van der Waals surface area contributed by atoms with Crippen molar-refractivity contribution in [1.29, 1.82) is 0 Å². The maximum Gasteiger partial charge on any atom is 0.268 e. The molecule has 1 atom stereocenters. The molecule has 0 spiro atoms. The number of nitrogens with one attached hydrogen (secondary N) is 1. The first kappa shape index (κ1) is 15.1. The average Bonchev–Trinajstić information content (AvgIpc) is 2.91. The van der Waals surface area contributed by atoms with Gasteiger partial charge in [-0.15, -0.1) is 11.3 Å². The minimum Gasteiger partial charge on any atom is -0.363 e. The first-order valence-electron chi connectivity index (χ1n) is 8.07. The Morgan fingerprint density at radius 3 is 2.75 bits per heavy atom. The van der Waals surface area contributed by atoms with Gasteiger partial charge in [0.1, 0.15) is 9.71 Å². The largest absolute Gasteiger partial charge is 0.363 e. The lowest BCUT2D eigenvalue weighted by Gasteiger charge is -2.34. The molecule has 1 amide bonds. The molecular formula is C19H19N3OS. The lowest BCUT2D eigenvalue weighted by atomic mass is 10.1. The monoisotopic (exact) mass is 337 g/mol. The number of aryl methyl sites for hydroxylation is 2. The van der Waals surface area contributed by atoms with Gasteiger partial charge in [0, 0.05) is 17.6 Å². The van der Waals surface area contributed by atoms with Crippen molar-refractivity contribution in [3.63, 3.8) is 0 Å². The summed E-state index contributed by atoms with van der Waals surface area (Å²) in [6, 6.07) is 12.2. The highest BCUT2D eigenvalue weighted by Crippen LogP contribution is 2.41. The molecule has 5 heteroatoms. The SMILES string of the molecule is Cc1cc(C)c2c3c(sc2n1)C(=O)N(Cc1ccccc1)[C@@H](C)N3. The third-order valence-electron chi connectivity index (χ3n) is 4.46. The van der Waals surface area contributed by atoms with Gasteiger partial charge in [0.15, 0.2) is 0 Å². The normalized spacial score (nSPS) is 17.0. The summed E-state index contributed by atoms with van der Waals surface area (Å²) < 4.78 is 0. The second-order valence-corrected chi connectivity index (χ2v) is 7.30. The van der Waals surface area contributed by atoms with E-state index in [2.05, 4.69) is 35.4 Å². The number of thiophene rings is 1. The molecule has 0 saturated carbocycles. The van der Waals surface area contributed by atoms with Crippen molar-refractivity contribution < 1.29 is 4.79 Å². The van der Waals surface area contributed by atoms with Gasteiger partial charge >= 0.3 is 0 Å². The highest BCUT2D eigenvalue weighted by atomic mass is 32.1. The number of aromatic nitrogens is 1. The molecule has 24 heavy (non-hydrogen) atoms. The molecule has 4 nitrogen and oxygen atoms in total. The van der Waals surface area contributed by atoms with Crippen LogP contribution < -0.4 is 5.32 Å². The molecule has 0 aliphatic carbocycles. The van der Waals surface area contributed by atoms with Crippen molar-refractivity contribution in [2.45, 2.75) is 33.5 Å². The Morgan fingerprint density at radius 2 is 2.00 bits per heavy atom. The van der Waals surface area contributed by atoms with Crippen LogP contribution in [0, 0.1) is 13.8 Å². The highest BCUT2D eigenvalue weighted by Gasteiger charge is 2.33. The molecule has 122 valence electrons. The zero-order valence-electron chi connectivity index (χ0n) is 14.0. The van der Waals surface area contributed by atoms with Gasteiger partial charge in [0.05, 0.1) is 11.9 Å². The number of rotatable bonds is 2. The second-order valence-electron chi connectivity index (χ2n) is 6.31. The predicted molar refractivity (Wildman–Crippen MR) is 98.5 cm³/mol. The first-order chi connectivity index (χ1) is 11.5. The van der Waals surface area contributed by atoms with Crippen LogP contribution in [0.1, 0.15) is 33.4 Å². The van der Waals surface area contributed by atoms with Crippen LogP contribution in [-0.4, -0.2) is 22.0 Å². The molecule has 4 rings (SSSR count). The van der Waals surface area contributed by atoms with Gasteiger partial charge in [-0.2, -0.15) is 0 Å². The molecule has 0 saturated heterocycles. The van der Waals surface area contributed by atoms with Gasteiger partial charge in [-0.05, 0) is 38.0 Å². The Hall–Kier alpha value is -2.40. The van der Waals surface area contributed by atoms with Crippen molar-refractivity contribution in [2.24, 2.45) is 0 Å². The molecule has 0 radical (unpaired) electrons. The maximum absolute atomic E-state index is 13.1. The van der Waals surface area contributed by atoms with E-state index in [9.17, 15) is 4.79 Å². The Balaban J connectivity index is 1.78. The van der Waals surface area contributed by atoms with Gasteiger partial charge in [-0.25, -0.2) is 4.98 Å². The second kappa shape index (κ2) is 5.60. The number of carbonyl (C=O) groups excluding carboxylic acids is 1. The predicted octanol–water partition coefficient (Wildman–Crippen LogP) is 4.33. The summed E-state index contributed by atoms with van der Waals surface area (Å²) in [6.45, 7) is 6.71. The molecule has 2 aromatic heterocycles. The Bertz CT molecular complexity index is 933. The van der Waals surface area contributed by atoms with Crippen LogP contribution in [0.15, 0.2) is 36.4 Å². The number of nitrogens with zero attached hydrogens (tertiary/aromatic N) is 2. The van der Waals surface area contributed by atoms with Crippen LogP contribution in [0.4, 0.5) is 5.69 Å². The van der Waals surface area contributed by atoms with Gasteiger partial charge in [-0.3, -0.25) is 4.79 Å².